The molecule has 0 aliphatic heterocycles. The van der Waals surface area contributed by atoms with Crippen molar-refractivity contribution in [2.45, 2.75) is 52.6 Å². The van der Waals surface area contributed by atoms with Gasteiger partial charge in [-0.3, -0.25) is 9.59 Å². The smallest absolute Gasteiger partial charge is 0.410 e. The minimum atomic E-state index is -1.19. The van der Waals surface area contributed by atoms with Gasteiger partial charge in [0.25, 0.3) is 0 Å². The number of benzene rings is 3. The monoisotopic (exact) mass is 559 g/mol. The normalized spacial score (nSPS) is 12.5. The van der Waals surface area contributed by atoms with Gasteiger partial charge in [-0.25, -0.2) is 4.79 Å². The second-order valence-corrected chi connectivity index (χ2v) is 10.6. The highest BCUT2D eigenvalue weighted by Crippen LogP contribution is 2.25. The van der Waals surface area contributed by atoms with Crippen LogP contribution < -0.4 is 0 Å². The van der Waals surface area contributed by atoms with E-state index in [1.54, 1.807) is 20.8 Å². The number of amides is 1. The molecule has 0 saturated carbocycles. The van der Waals surface area contributed by atoms with Crippen LogP contribution in [0.1, 0.15) is 43.9 Å². The number of esters is 2. The molecule has 0 bridgehead atoms. The van der Waals surface area contributed by atoms with Gasteiger partial charge in [-0.2, -0.15) is 0 Å². The lowest BCUT2D eigenvalue weighted by atomic mass is 9.88. The predicted molar refractivity (Wildman–Crippen MR) is 153 cm³/mol. The first-order chi connectivity index (χ1) is 19.7. The molecule has 0 aromatic heterocycles. The summed E-state index contributed by atoms with van der Waals surface area (Å²) in [5.41, 5.74) is 1.50. The van der Waals surface area contributed by atoms with Gasteiger partial charge in [0.1, 0.15) is 25.1 Å². The molecule has 0 saturated heterocycles. The summed E-state index contributed by atoms with van der Waals surface area (Å²) in [7, 11) is 0. The first kappa shape index (κ1) is 31.1. The van der Waals surface area contributed by atoms with Crippen molar-refractivity contribution in [3.63, 3.8) is 0 Å². The van der Waals surface area contributed by atoms with Crippen molar-refractivity contribution in [2.75, 3.05) is 6.54 Å². The topological polar surface area (TPSA) is 99.2 Å². The van der Waals surface area contributed by atoms with Gasteiger partial charge in [-0.05, 0) is 37.5 Å². The Morgan fingerprint density at radius 1 is 0.707 bits per heavy atom. The Labute approximate surface area is 241 Å². The number of carbonyl (C=O) groups is 4. The molecule has 0 N–H and O–H groups in total. The highest BCUT2D eigenvalue weighted by Gasteiger charge is 2.39. The van der Waals surface area contributed by atoms with Crippen LogP contribution >= 0.6 is 0 Å². The molecule has 0 aliphatic rings. The Morgan fingerprint density at radius 2 is 1.20 bits per heavy atom. The standard InChI is InChI=1S/C33H37NO7/c1-33(2,3)41-31(37)28(19-20-35)29(30(36)39-23-26-15-9-5-10-16-26)22-34(21-25-13-7-4-8-14-25)32(38)40-24-27-17-11-6-12-18-27/h4-18,20,28-29H,19,21-24H2,1-3H3/t28-,29-/m0/s1. The number of carbonyl (C=O) groups excluding carboxylic acids is 4. The molecular formula is C33H37NO7. The number of hydrogen-bond acceptors (Lipinski definition) is 7. The zero-order valence-corrected chi connectivity index (χ0v) is 23.7. The van der Waals surface area contributed by atoms with Crippen LogP contribution in [0.25, 0.3) is 0 Å². The van der Waals surface area contributed by atoms with Crippen LogP contribution in [0.3, 0.4) is 0 Å². The molecule has 3 rings (SSSR count). The van der Waals surface area contributed by atoms with Crippen molar-refractivity contribution in [3.8, 4) is 0 Å². The Balaban J connectivity index is 1.90. The van der Waals surface area contributed by atoms with E-state index >= 15 is 0 Å². The van der Waals surface area contributed by atoms with Gasteiger partial charge in [0.05, 0.1) is 11.8 Å². The number of aldehydes is 1. The molecule has 0 unspecified atom stereocenters. The van der Waals surface area contributed by atoms with Crippen LogP contribution in [0.4, 0.5) is 4.79 Å². The lowest BCUT2D eigenvalue weighted by molar-refractivity contribution is -0.170. The Morgan fingerprint density at radius 3 is 1.68 bits per heavy atom. The third kappa shape index (κ3) is 10.6. The molecule has 0 aliphatic carbocycles. The predicted octanol–water partition coefficient (Wildman–Crippen LogP) is 5.73. The molecule has 216 valence electrons. The number of hydrogen-bond donors (Lipinski definition) is 0. The van der Waals surface area contributed by atoms with Crippen LogP contribution in [0.15, 0.2) is 91.0 Å². The summed E-state index contributed by atoms with van der Waals surface area (Å²) >= 11 is 0. The zero-order valence-electron chi connectivity index (χ0n) is 23.7. The fraction of sp³-hybridized carbons (Fsp3) is 0.333. The van der Waals surface area contributed by atoms with Gasteiger partial charge >= 0.3 is 18.0 Å². The summed E-state index contributed by atoms with van der Waals surface area (Å²) in [4.78, 5) is 53.3. The minimum absolute atomic E-state index is 0.0257. The van der Waals surface area contributed by atoms with E-state index < -0.39 is 35.5 Å². The molecule has 0 spiro atoms. The molecular weight excluding hydrogens is 522 g/mol. The Hall–Kier alpha value is -4.46. The number of ether oxygens (including phenoxy) is 3. The van der Waals surface area contributed by atoms with Gasteiger partial charge < -0.3 is 23.9 Å². The van der Waals surface area contributed by atoms with E-state index in [0.29, 0.717) is 6.29 Å². The van der Waals surface area contributed by atoms with Crippen LogP contribution in [0.5, 0.6) is 0 Å². The molecule has 0 radical (unpaired) electrons. The van der Waals surface area contributed by atoms with Crippen LogP contribution in [-0.4, -0.2) is 41.4 Å². The summed E-state index contributed by atoms with van der Waals surface area (Å²) in [6.07, 6.45) is -0.382. The first-order valence-electron chi connectivity index (χ1n) is 13.5. The summed E-state index contributed by atoms with van der Waals surface area (Å²) < 4.78 is 16.8. The van der Waals surface area contributed by atoms with Gasteiger partial charge in [-0.1, -0.05) is 91.0 Å². The van der Waals surface area contributed by atoms with E-state index in [2.05, 4.69) is 0 Å². The third-order valence-electron chi connectivity index (χ3n) is 6.17. The van der Waals surface area contributed by atoms with Crippen LogP contribution in [0.2, 0.25) is 0 Å². The van der Waals surface area contributed by atoms with Crippen molar-refractivity contribution in [1.29, 1.82) is 0 Å². The fourth-order valence-electron chi connectivity index (χ4n) is 4.16. The SMILES string of the molecule is CC(C)(C)OC(=O)[C@@H](CC=O)[C@H](CN(Cc1ccccc1)C(=O)OCc1ccccc1)C(=O)OCc1ccccc1. The minimum Gasteiger partial charge on any atom is -0.461 e. The largest absolute Gasteiger partial charge is 0.461 e. The third-order valence-corrected chi connectivity index (χ3v) is 6.17. The molecule has 0 fully saturated rings. The lowest BCUT2D eigenvalue weighted by Crippen LogP contribution is -2.44. The van der Waals surface area contributed by atoms with Gasteiger partial charge in [0.15, 0.2) is 0 Å². The summed E-state index contributed by atoms with van der Waals surface area (Å²) in [6, 6.07) is 27.5. The second kappa shape index (κ2) is 15.4. The van der Waals surface area contributed by atoms with E-state index in [-0.39, 0.29) is 32.7 Å². The highest BCUT2D eigenvalue weighted by atomic mass is 16.6. The molecule has 3 aromatic rings. The molecule has 41 heavy (non-hydrogen) atoms. The lowest BCUT2D eigenvalue weighted by Gasteiger charge is -2.31. The van der Waals surface area contributed by atoms with E-state index in [1.165, 1.54) is 4.90 Å². The summed E-state index contributed by atoms with van der Waals surface area (Å²) in [6.45, 7) is 4.98. The van der Waals surface area contributed by atoms with Crippen molar-refractivity contribution in [3.05, 3.63) is 108 Å². The maximum absolute atomic E-state index is 13.6. The van der Waals surface area contributed by atoms with Crippen LogP contribution in [0, 0.1) is 11.8 Å². The Bertz CT molecular complexity index is 1260. The fourth-order valence-corrected chi connectivity index (χ4v) is 4.16. The van der Waals surface area contributed by atoms with Gasteiger partial charge in [0, 0.05) is 19.5 Å². The average molecular weight is 560 g/mol. The first-order valence-corrected chi connectivity index (χ1v) is 13.5. The van der Waals surface area contributed by atoms with E-state index in [9.17, 15) is 19.2 Å². The molecule has 2 atom stereocenters. The van der Waals surface area contributed by atoms with Crippen molar-refractivity contribution < 1.29 is 33.4 Å². The molecule has 1 amide bonds. The van der Waals surface area contributed by atoms with Crippen LogP contribution in [-0.2, 0) is 48.4 Å². The van der Waals surface area contributed by atoms with E-state index in [0.717, 1.165) is 16.7 Å². The second-order valence-electron chi connectivity index (χ2n) is 10.6. The molecule has 3 aromatic carbocycles. The quantitative estimate of drug-likeness (QED) is 0.150. The molecule has 8 heteroatoms. The number of rotatable bonds is 13. The van der Waals surface area contributed by atoms with E-state index in [1.807, 2.05) is 91.0 Å². The van der Waals surface area contributed by atoms with Crippen molar-refractivity contribution in [1.82, 2.24) is 4.90 Å². The van der Waals surface area contributed by atoms with E-state index in [4.69, 9.17) is 14.2 Å². The van der Waals surface area contributed by atoms with Gasteiger partial charge in [-0.15, -0.1) is 0 Å². The highest BCUT2D eigenvalue weighted by molar-refractivity contribution is 5.84. The van der Waals surface area contributed by atoms with Gasteiger partial charge in [0.2, 0.25) is 0 Å². The maximum Gasteiger partial charge on any atom is 0.410 e. The summed E-state index contributed by atoms with van der Waals surface area (Å²) in [5.74, 6) is -3.80. The Kier molecular flexibility index (Phi) is 11.6. The average Bonchev–Trinajstić information content (AvgIpc) is 2.96. The van der Waals surface area contributed by atoms with Crippen molar-refractivity contribution in [2.24, 2.45) is 11.8 Å². The number of nitrogens with zero attached hydrogens (tertiary/aromatic N) is 1. The van der Waals surface area contributed by atoms with Crippen molar-refractivity contribution >= 4 is 24.3 Å². The molecule has 0 heterocycles. The molecule has 8 nitrogen and oxygen atoms in total. The maximum atomic E-state index is 13.6. The zero-order chi connectivity index (χ0) is 29.7. The summed E-state index contributed by atoms with van der Waals surface area (Å²) in [5, 5.41) is 0.